The standard InChI is InChI=1S/C8H14N4/c1-2-5-10-12(7-3-1)8-4-6-9-11-8/h4,6,10H,1-3,5,7H2,(H,9,11). The van der Waals surface area contributed by atoms with Crippen molar-refractivity contribution in [3.8, 4) is 0 Å². The molecule has 1 aliphatic heterocycles. The van der Waals surface area contributed by atoms with Gasteiger partial charge >= 0.3 is 0 Å². The van der Waals surface area contributed by atoms with Gasteiger partial charge in [-0.2, -0.15) is 5.10 Å². The Morgan fingerprint density at radius 1 is 1.33 bits per heavy atom. The van der Waals surface area contributed by atoms with Crippen molar-refractivity contribution in [1.29, 1.82) is 0 Å². The van der Waals surface area contributed by atoms with Crippen molar-refractivity contribution >= 4 is 5.82 Å². The quantitative estimate of drug-likeness (QED) is 0.651. The Morgan fingerprint density at radius 3 is 3.17 bits per heavy atom. The van der Waals surface area contributed by atoms with Gasteiger partial charge in [0.2, 0.25) is 0 Å². The van der Waals surface area contributed by atoms with Crippen molar-refractivity contribution < 1.29 is 0 Å². The third-order valence-corrected chi connectivity index (χ3v) is 2.14. The molecule has 1 aromatic heterocycles. The minimum absolute atomic E-state index is 1.07. The van der Waals surface area contributed by atoms with E-state index in [1.807, 2.05) is 6.07 Å². The van der Waals surface area contributed by atoms with Crippen molar-refractivity contribution in [2.24, 2.45) is 0 Å². The van der Waals surface area contributed by atoms with Crippen LogP contribution in [-0.2, 0) is 0 Å². The maximum absolute atomic E-state index is 3.92. The lowest BCUT2D eigenvalue weighted by atomic mass is 10.2. The Hall–Kier alpha value is -1.03. The normalized spacial score (nSPS) is 19.2. The van der Waals surface area contributed by atoms with Crippen molar-refractivity contribution in [1.82, 2.24) is 15.6 Å². The van der Waals surface area contributed by atoms with Crippen molar-refractivity contribution in [3.63, 3.8) is 0 Å². The van der Waals surface area contributed by atoms with E-state index in [1.54, 1.807) is 6.20 Å². The van der Waals surface area contributed by atoms with E-state index >= 15 is 0 Å². The van der Waals surface area contributed by atoms with Crippen LogP contribution in [0.1, 0.15) is 19.3 Å². The van der Waals surface area contributed by atoms with Gasteiger partial charge in [-0.1, -0.05) is 6.42 Å². The average Bonchev–Trinajstić information content (AvgIpc) is 2.48. The number of anilines is 1. The fraction of sp³-hybridized carbons (Fsp3) is 0.625. The molecule has 0 aromatic carbocycles. The molecule has 1 aromatic rings. The highest BCUT2D eigenvalue weighted by molar-refractivity contribution is 5.34. The molecule has 0 aliphatic carbocycles. The van der Waals surface area contributed by atoms with Gasteiger partial charge in [0.15, 0.2) is 0 Å². The summed E-state index contributed by atoms with van der Waals surface area (Å²) < 4.78 is 0. The summed E-state index contributed by atoms with van der Waals surface area (Å²) in [6, 6.07) is 1.98. The predicted molar refractivity (Wildman–Crippen MR) is 47.8 cm³/mol. The third kappa shape index (κ3) is 1.58. The highest BCUT2D eigenvalue weighted by Gasteiger charge is 2.09. The van der Waals surface area contributed by atoms with Gasteiger partial charge in [-0.25, -0.2) is 5.43 Å². The Balaban J connectivity index is 2.02. The largest absolute Gasteiger partial charge is 0.293 e. The molecular weight excluding hydrogens is 152 g/mol. The first-order chi connectivity index (χ1) is 5.97. The number of H-pyrrole nitrogens is 1. The van der Waals surface area contributed by atoms with E-state index in [9.17, 15) is 0 Å². The van der Waals surface area contributed by atoms with Crippen LogP contribution in [0.15, 0.2) is 12.3 Å². The van der Waals surface area contributed by atoms with Crippen LogP contribution in [0, 0.1) is 0 Å². The summed E-state index contributed by atoms with van der Waals surface area (Å²) >= 11 is 0. The third-order valence-electron chi connectivity index (χ3n) is 2.14. The lowest BCUT2D eigenvalue weighted by Gasteiger charge is -2.20. The molecule has 2 N–H and O–H groups in total. The first kappa shape index (κ1) is 7.61. The summed E-state index contributed by atoms with van der Waals surface area (Å²) in [5, 5.41) is 9.01. The molecule has 12 heavy (non-hydrogen) atoms. The number of nitrogens with one attached hydrogen (secondary N) is 2. The molecule has 4 heteroatoms. The Kier molecular flexibility index (Phi) is 2.27. The summed E-state index contributed by atoms with van der Waals surface area (Å²) in [6.07, 6.45) is 5.62. The van der Waals surface area contributed by atoms with Crippen LogP contribution in [0.5, 0.6) is 0 Å². The van der Waals surface area contributed by atoms with E-state index in [1.165, 1.54) is 19.3 Å². The zero-order valence-electron chi connectivity index (χ0n) is 7.08. The van der Waals surface area contributed by atoms with Crippen molar-refractivity contribution in [2.75, 3.05) is 18.1 Å². The minimum Gasteiger partial charge on any atom is -0.293 e. The predicted octanol–water partition coefficient (Wildman–Crippen LogP) is 0.905. The molecule has 0 saturated carbocycles. The number of hydrogen-bond donors (Lipinski definition) is 2. The van der Waals surface area contributed by atoms with E-state index in [-0.39, 0.29) is 0 Å². The highest BCUT2D eigenvalue weighted by atomic mass is 15.5. The molecule has 2 rings (SSSR count). The second kappa shape index (κ2) is 3.58. The zero-order chi connectivity index (χ0) is 8.23. The minimum atomic E-state index is 1.07. The molecule has 0 radical (unpaired) electrons. The van der Waals surface area contributed by atoms with Gasteiger partial charge in [0.1, 0.15) is 5.82 Å². The van der Waals surface area contributed by atoms with Crippen LogP contribution in [0.3, 0.4) is 0 Å². The van der Waals surface area contributed by atoms with E-state index < -0.39 is 0 Å². The molecular formula is C8H14N4. The van der Waals surface area contributed by atoms with E-state index in [0.29, 0.717) is 0 Å². The Bertz CT molecular complexity index is 211. The van der Waals surface area contributed by atoms with Crippen molar-refractivity contribution in [3.05, 3.63) is 12.3 Å². The van der Waals surface area contributed by atoms with E-state index in [2.05, 4.69) is 20.6 Å². The van der Waals surface area contributed by atoms with Crippen LogP contribution in [0.4, 0.5) is 5.82 Å². The van der Waals surface area contributed by atoms with Crippen LogP contribution in [0.25, 0.3) is 0 Å². The topological polar surface area (TPSA) is 44.0 Å². The number of hydrogen-bond acceptors (Lipinski definition) is 3. The summed E-state index contributed by atoms with van der Waals surface area (Å²) in [6.45, 7) is 2.14. The number of nitrogens with zero attached hydrogens (tertiary/aromatic N) is 2. The fourth-order valence-corrected chi connectivity index (χ4v) is 1.47. The molecule has 1 aliphatic rings. The Labute approximate surface area is 71.9 Å². The van der Waals surface area contributed by atoms with Gasteiger partial charge in [0.25, 0.3) is 0 Å². The maximum Gasteiger partial charge on any atom is 0.138 e. The smallest absolute Gasteiger partial charge is 0.138 e. The second-order valence-electron chi connectivity index (χ2n) is 3.06. The highest BCUT2D eigenvalue weighted by Crippen LogP contribution is 2.10. The number of aromatic amines is 1. The zero-order valence-corrected chi connectivity index (χ0v) is 7.08. The number of hydrazine groups is 1. The molecule has 2 heterocycles. The average molecular weight is 166 g/mol. The number of rotatable bonds is 1. The van der Waals surface area contributed by atoms with Gasteiger partial charge in [-0.15, -0.1) is 0 Å². The molecule has 0 unspecified atom stereocenters. The van der Waals surface area contributed by atoms with Gasteiger partial charge in [-0.3, -0.25) is 10.1 Å². The van der Waals surface area contributed by atoms with E-state index in [4.69, 9.17) is 0 Å². The molecule has 0 bridgehead atoms. The Morgan fingerprint density at radius 2 is 2.33 bits per heavy atom. The van der Waals surface area contributed by atoms with Gasteiger partial charge in [0.05, 0.1) is 6.20 Å². The second-order valence-corrected chi connectivity index (χ2v) is 3.06. The number of aromatic nitrogens is 2. The van der Waals surface area contributed by atoms with Gasteiger partial charge < -0.3 is 0 Å². The molecule has 0 spiro atoms. The molecule has 0 atom stereocenters. The first-order valence-corrected chi connectivity index (χ1v) is 4.47. The molecule has 0 amide bonds. The van der Waals surface area contributed by atoms with Crippen LogP contribution in [0.2, 0.25) is 0 Å². The first-order valence-electron chi connectivity index (χ1n) is 4.47. The molecule has 4 nitrogen and oxygen atoms in total. The summed E-state index contributed by atoms with van der Waals surface area (Å²) in [5.41, 5.74) is 3.35. The molecule has 66 valence electrons. The maximum atomic E-state index is 3.92. The monoisotopic (exact) mass is 166 g/mol. The summed E-state index contributed by atoms with van der Waals surface area (Å²) in [5.74, 6) is 1.07. The molecule has 1 fully saturated rings. The van der Waals surface area contributed by atoms with Crippen LogP contribution >= 0.6 is 0 Å². The lowest BCUT2D eigenvalue weighted by molar-refractivity contribution is 0.651. The summed E-state index contributed by atoms with van der Waals surface area (Å²) in [4.78, 5) is 0. The van der Waals surface area contributed by atoms with E-state index in [0.717, 1.165) is 18.9 Å². The summed E-state index contributed by atoms with van der Waals surface area (Å²) in [7, 11) is 0. The van der Waals surface area contributed by atoms with Gasteiger partial charge in [-0.05, 0) is 12.8 Å². The van der Waals surface area contributed by atoms with Crippen LogP contribution < -0.4 is 10.4 Å². The SMILES string of the molecule is c1cc(N2CCCCCN2)[nH]n1. The van der Waals surface area contributed by atoms with Gasteiger partial charge in [0, 0.05) is 19.2 Å². The lowest BCUT2D eigenvalue weighted by Crippen LogP contribution is -2.37. The van der Waals surface area contributed by atoms with Crippen molar-refractivity contribution in [2.45, 2.75) is 19.3 Å². The molecule has 1 saturated heterocycles. The van der Waals surface area contributed by atoms with Crippen LogP contribution in [-0.4, -0.2) is 23.3 Å². The fourth-order valence-electron chi connectivity index (χ4n) is 1.47.